The smallest absolute Gasteiger partial charge is 0.491 e. The van der Waals surface area contributed by atoms with E-state index in [1.54, 1.807) is 0 Å². The standard InChI is InChI=1S/C15H22BNO3/c1-5-6-10-7-8-11-13-12(10)14(17-4)19-16(13)20-15(2,3)9-18-11/h7-8,14,17H,5-6,9H2,1-4H3/t14-/m0/s1. The lowest BCUT2D eigenvalue weighted by Gasteiger charge is -2.25. The van der Waals surface area contributed by atoms with Crippen LogP contribution in [0, 0.1) is 0 Å². The van der Waals surface area contributed by atoms with Crippen molar-refractivity contribution in [2.24, 2.45) is 0 Å². The Kier molecular flexibility index (Phi) is 3.52. The molecular formula is C15H22BNO3. The second-order valence-corrected chi connectivity index (χ2v) is 6.10. The Morgan fingerprint density at radius 3 is 2.90 bits per heavy atom. The minimum Gasteiger partial charge on any atom is -0.491 e. The van der Waals surface area contributed by atoms with E-state index in [0.29, 0.717) is 6.61 Å². The summed E-state index contributed by atoms with van der Waals surface area (Å²) in [6.07, 6.45) is 2.04. The first-order chi connectivity index (χ1) is 9.55. The Morgan fingerprint density at radius 2 is 2.20 bits per heavy atom. The maximum Gasteiger partial charge on any atom is 0.500 e. The van der Waals surface area contributed by atoms with Crippen LogP contribution in [-0.4, -0.2) is 26.4 Å². The minimum absolute atomic E-state index is 0.117. The van der Waals surface area contributed by atoms with Gasteiger partial charge in [-0.2, -0.15) is 0 Å². The van der Waals surface area contributed by atoms with Crippen molar-refractivity contribution in [1.82, 2.24) is 5.32 Å². The van der Waals surface area contributed by atoms with Gasteiger partial charge >= 0.3 is 7.12 Å². The van der Waals surface area contributed by atoms with Crippen LogP contribution in [0.2, 0.25) is 0 Å². The van der Waals surface area contributed by atoms with Crippen LogP contribution >= 0.6 is 0 Å². The Labute approximate surface area is 120 Å². The van der Waals surface area contributed by atoms with Crippen LogP contribution in [0.1, 0.15) is 44.5 Å². The molecule has 0 radical (unpaired) electrons. The maximum absolute atomic E-state index is 6.10. The van der Waals surface area contributed by atoms with Crippen molar-refractivity contribution in [3.8, 4) is 5.75 Å². The van der Waals surface area contributed by atoms with Crippen molar-refractivity contribution in [3.63, 3.8) is 0 Å². The highest BCUT2D eigenvalue weighted by Crippen LogP contribution is 2.34. The molecule has 20 heavy (non-hydrogen) atoms. The molecule has 5 heteroatoms. The van der Waals surface area contributed by atoms with E-state index < -0.39 is 0 Å². The SMILES string of the molecule is CCCc1ccc2c3c1[C@@H](NC)OB3OC(C)(C)CO2. The zero-order valence-electron chi connectivity index (χ0n) is 12.7. The first-order valence-corrected chi connectivity index (χ1v) is 7.34. The number of benzene rings is 1. The quantitative estimate of drug-likeness (QED) is 0.853. The van der Waals surface area contributed by atoms with Gasteiger partial charge in [0.1, 0.15) is 18.6 Å². The maximum atomic E-state index is 6.10. The van der Waals surface area contributed by atoms with Crippen molar-refractivity contribution in [1.29, 1.82) is 0 Å². The van der Waals surface area contributed by atoms with Crippen LogP contribution in [-0.2, 0) is 15.7 Å². The molecule has 0 bridgehead atoms. The third-order valence-electron chi connectivity index (χ3n) is 3.88. The molecule has 0 aliphatic carbocycles. The van der Waals surface area contributed by atoms with E-state index in [9.17, 15) is 0 Å². The lowest BCUT2D eigenvalue weighted by atomic mass is 9.76. The molecule has 0 fully saturated rings. The molecule has 1 aromatic carbocycles. The average molecular weight is 275 g/mol. The van der Waals surface area contributed by atoms with Crippen molar-refractivity contribution in [2.45, 2.75) is 45.4 Å². The molecule has 0 saturated heterocycles. The number of rotatable bonds is 3. The molecule has 1 aromatic rings. The van der Waals surface area contributed by atoms with Crippen LogP contribution in [0.3, 0.4) is 0 Å². The molecule has 0 saturated carbocycles. The molecule has 0 unspecified atom stereocenters. The third kappa shape index (κ3) is 2.24. The van der Waals surface area contributed by atoms with Gasteiger partial charge in [-0.15, -0.1) is 0 Å². The van der Waals surface area contributed by atoms with Gasteiger partial charge in [0.25, 0.3) is 0 Å². The fourth-order valence-electron chi connectivity index (χ4n) is 2.96. The van der Waals surface area contributed by atoms with Gasteiger partial charge in [-0.1, -0.05) is 19.4 Å². The van der Waals surface area contributed by atoms with Crippen molar-refractivity contribution in [3.05, 3.63) is 23.3 Å². The first-order valence-electron chi connectivity index (χ1n) is 7.34. The summed E-state index contributed by atoms with van der Waals surface area (Å²) < 4.78 is 18.1. The summed E-state index contributed by atoms with van der Waals surface area (Å²) >= 11 is 0. The highest BCUT2D eigenvalue weighted by Gasteiger charge is 2.46. The van der Waals surface area contributed by atoms with Gasteiger partial charge in [0.05, 0.1) is 5.60 Å². The van der Waals surface area contributed by atoms with Crippen LogP contribution in [0.15, 0.2) is 12.1 Å². The van der Waals surface area contributed by atoms with E-state index in [0.717, 1.165) is 24.1 Å². The fourth-order valence-corrected chi connectivity index (χ4v) is 2.96. The van der Waals surface area contributed by atoms with Gasteiger partial charge in [-0.05, 0) is 38.9 Å². The molecule has 2 heterocycles. The Hall–Kier alpha value is -1.04. The number of hydrogen-bond acceptors (Lipinski definition) is 4. The van der Waals surface area contributed by atoms with Crippen LogP contribution in [0.25, 0.3) is 0 Å². The van der Waals surface area contributed by atoms with Gasteiger partial charge < -0.3 is 14.0 Å². The second kappa shape index (κ2) is 5.06. The highest BCUT2D eigenvalue weighted by molar-refractivity contribution is 6.64. The second-order valence-electron chi connectivity index (χ2n) is 6.10. The first kappa shape index (κ1) is 13.9. The number of aryl methyl sites for hydroxylation is 1. The van der Waals surface area contributed by atoms with E-state index in [-0.39, 0.29) is 18.9 Å². The summed E-state index contributed by atoms with van der Waals surface area (Å²) in [5, 5.41) is 3.23. The number of nitrogens with one attached hydrogen (secondary N) is 1. The Bertz CT molecular complexity index is 518. The minimum atomic E-state index is -0.353. The van der Waals surface area contributed by atoms with Crippen molar-refractivity contribution < 1.29 is 14.0 Å². The molecular weight excluding hydrogens is 253 g/mol. The van der Waals surface area contributed by atoms with Crippen LogP contribution in [0.5, 0.6) is 5.75 Å². The monoisotopic (exact) mass is 275 g/mol. The lowest BCUT2D eigenvalue weighted by Crippen LogP contribution is -2.40. The molecule has 0 spiro atoms. The normalized spacial score (nSPS) is 23.2. The Morgan fingerprint density at radius 1 is 1.40 bits per heavy atom. The molecule has 4 nitrogen and oxygen atoms in total. The van der Waals surface area contributed by atoms with Crippen molar-refractivity contribution in [2.75, 3.05) is 13.7 Å². The van der Waals surface area contributed by atoms with E-state index in [2.05, 4.69) is 24.4 Å². The molecule has 2 aliphatic heterocycles. The largest absolute Gasteiger partial charge is 0.500 e. The summed E-state index contributed by atoms with van der Waals surface area (Å²) in [5.74, 6) is 0.896. The van der Waals surface area contributed by atoms with Crippen LogP contribution < -0.4 is 15.5 Å². The Balaban J connectivity index is 2.10. The highest BCUT2D eigenvalue weighted by atomic mass is 16.6. The summed E-state index contributed by atoms with van der Waals surface area (Å²) in [5.41, 5.74) is 3.24. The molecule has 108 valence electrons. The van der Waals surface area contributed by atoms with E-state index >= 15 is 0 Å². The number of hydrogen-bond donors (Lipinski definition) is 1. The van der Waals surface area contributed by atoms with Crippen molar-refractivity contribution >= 4 is 12.6 Å². The summed E-state index contributed by atoms with van der Waals surface area (Å²) in [4.78, 5) is 0. The van der Waals surface area contributed by atoms with Gasteiger partial charge in [-0.3, -0.25) is 5.32 Å². The molecule has 2 aliphatic rings. The van der Waals surface area contributed by atoms with Gasteiger partial charge in [0, 0.05) is 11.0 Å². The summed E-state index contributed by atoms with van der Waals surface area (Å²) in [6.45, 7) is 6.79. The molecule has 1 N–H and O–H groups in total. The zero-order valence-corrected chi connectivity index (χ0v) is 12.7. The van der Waals surface area contributed by atoms with Crippen LogP contribution in [0.4, 0.5) is 0 Å². The average Bonchev–Trinajstić information content (AvgIpc) is 2.70. The van der Waals surface area contributed by atoms with Gasteiger partial charge in [0.2, 0.25) is 0 Å². The molecule has 0 amide bonds. The van der Waals surface area contributed by atoms with E-state index in [1.807, 2.05) is 20.9 Å². The fraction of sp³-hybridized carbons (Fsp3) is 0.600. The molecule has 3 rings (SSSR count). The zero-order chi connectivity index (χ0) is 14.3. The predicted octanol–water partition coefficient (Wildman–Crippen LogP) is 1.77. The van der Waals surface area contributed by atoms with Gasteiger partial charge in [-0.25, -0.2) is 0 Å². The third-order valence-corrected chi connectivity index (χ3v) is 3.88. The molecule has 0 aromatic heterocycles. The topological polar surface area (TPSA) is 39.7 Å². The molecule has 1 atom stereocenters. The number of ether oxygens (including phenoxy) is 1. The summed E-state index contributed by atoms with van der Waals surface area (Å²) in [7, 11) is 1.57. The summed E-state index contributed by atoms with van der Waals surface area (Å²) in [6, 6.07) is 4.22. The predicted molar refractivity (Wildman–Crippen MR) is 79.4 cm³/mol. The van der Waals surface area contributed by atoms with Gasteiger partial charge in [0.15, 0.2) is 0 Å². The van der Waals surface area contributed by atoms with E-state index in [4.69, 9.17) is 14.0 Å². The lowest BCUT2D eigenvalue weighted by molar-refractivity contribution is 0.0239. The van der Waals surface area contributed by atoms with E-state index in [1.165, 1.54) is 11.1 Å².